The lowest BCUT2D eigenvalue weighted by molar-refractivity contribution is -0.140. The van der Waals surface area contributed by atoms with Gasteiger partial charge in [-0.2, -0.15) is 0 Å². The van der Waals surface area contributed by atoms with Gasteiger partial charge in [-0.1, -0.05) is 6.92 Å². The Balaban J connectivity index is 1.68. The number of methoxy groups -OCH3 is 1. The smallest absolute Gasteiger partial charge is 0.315 e. The van der Waals surface area contributed by atoms with Gasteiger partial charge in [0.15, 0.2) is 0 Å². The molecule has 0 amide bonds. The van der Waals surface area contributed by atoms with Crippen molar-refractivity contribution in [2.24, 2.45) is 5.92 Å². The Labute approximate surface area is 136 Å². The number of ether oxygens (including phenoxy) is 2. The number of piperidine rings is 1. The third-order valence-electron chi connectivity index (χ3n) is 4.44. The van der Waals surface area contributed by atoms with Crippen LogP contribution < -0.4 is 9.47 Å². The van der Waals surface area contributed by atoms with Gasteiger partial charge in [-0.3, -0.25) is 4.79 Å². The zero-order valence-corrected chi connectivity index (χ0v) is 13.6. The highest BCUT2D eigenvalue weighted by Gasteiger charge is 2.26. The molecule has 1 aliphatic heterocycles. The Morgan fingerprint density at radius 3 is 2.74 bits per heavy atom. The maximum absolute atomic E-state index is 12.3. The number of pyridine rings is 1. The van der Waals surface area contributed by atoms with Gasteiger partial charge in [-0.05, 0) is 56.7 Å². The van der Waals surface area contributed by atoms with E-state index in [9.17, 15) is 4.79 Å². The second kappa shape index (κ2) is 6.96. The minimum absolute atomic E-state index is 0.0221. The topological polar surface area (TPSA) is 51.7 Å². The van der Waals surface area contributed by atoms with Crippen molar-refractivity contribution in [1.29, 1.82) is 0 Å². The first-order valence-corrected chi connectivity index (χ1v) is 8.08. The van der Waals surface area contributed by atoms with E-state index in [-0.39, 0.29) is 11.9 Å². The Bertz CT molecular complexity index is 694. The standard InChI is InChI=1S/C18H22N2O3/c1-3-20-10-8-13(9-11-20)18(21)23-17-7-4-14-12-15(22-2)5-6-16(14)19-17/h4-7,12-13H,3,8-11H2,1-2H3. The van der Waals surface area contributed by atoms with Crippen LogP contribution in [0, 0.1) is 5.92 Å². The molecule has 5 nitrogen and oxygen atoms in total. The number of carbonyl (C=O) groups is 1. The summed E-state index contributed by atoms with van der Waals surface area (Å²) >= 11 is 0. The number of aromatic nitrogens is 1. The lowest BCUT2D eigenvalue weighted by Gasteiger charge is -2.29. The fourth-order valence-electron chi connectivity index (χ4n) is 2.94. The monoisotopic (exact) mass is 314 g/mol. The Kier molecular flexibility index (Phi) is 4.76. The largest absolute Gasteiger partial charge is 0.497 e. The van der Waals surface area contributed by atoms with E-state index in [4.69, 9.17) is 9.47 Å². The van der Waals surface area contributed by atoms with Gasteiger partial charge in [0.1, 0.15) is 5.75 Å². The number of esters is 1. The summed E-state index contributed by atoms with van der Waals surface area (Å²) in [5, 5.41) is 0.959. The molecule has 0 atom stereocenters. The molecule has 2 heterocycles. The molecule has 1 aromatic heterocycles. The fourth-order valence-corrected chi connectivity index (χ4v) is 2.94. The first-order valence-electron chi connectivity index (χ1n) is 8.08. The van der Waals surface area contributed by atoms with Crippen LogP contribution in [-0.2, 0) is 4.79 Å². The van der Waals surface area contributed by atoms with Gasteiger partial charge >= 0.3 is 5.97 Å². The number of benzene rings is 1. The van der Waals surface area contributed by atoms with Crippen LogP contribution in [0.5, 0.6) is 11.6 Å². The average Bonchev–Trinajstić information content (AvgIpc) is 2.61. The Morgan fingerprint density at radius 1 is 1.26 bits per heavy atom. The van der Waals surface area contributed by atoms with E-state index in [1.54, 1.807) is 13.2 Å². The number of nitrogens with zero attached hydrogens (tertiary/aromatic N) is 2. The van der Waals surface area contributed by atoms with Gasteiger partial charge in [0.05, 0.1) is 18.5 Å². The van der Waals surface area contributed by atoms with Crippen LogP contribution in [0.15, 0.2) is 30.3 Å². The highest BCUT2D eigenvalue weighted by atomic mass is 16.5. The summed E-state index contributed by atoms with van der Waals surface area (Å²) in [5.74, 6) is 0.963. The fraction of sp³-hybridized carbons (Fsp3) is 0.444. The molecule has 2 aromatic rings. The van der Waals surface area contributed by atoms with Crippen LogP contribution in [0.25, 0.3) is 10.9 Å². The molecule has 1 aromatic carbocycles. The molecule has 5 heteroatoms. The van der Waals surface area contributed by atoms with Crippen molar-refractivity contribution in [2.45, 2.75) is 19.8 Å². The Hall–Kier alpha value is -2.14. The van der Waals surface area contributed by atoms with Crippen molar-refractivity contribution < 1.29 is 14.3 Å². The molecular weight excluding hydrogens is 292 g/mol. The summed E-state index contributed by atoms with van der Waals surface area (Å²) in [7, 11) is 1.63. The molecule has 1 aliphatic rings. The molecule has 1 fully saturated rings. The first kappa shape index (κ1) is 15.7. The van der Waals surface area contributed by atoms with Crippen molar-refractivity contribution in [3.05, 3.63) is 30.3 Å². The molecule has 0 bridgehead atoms. The van der Waals surface area contributed by atoms with Crippen molar-refractivity contribution in [3.63, 3.8) is 0 Å². The van der Waals surface area contributed by atoms with Gasteiger partial charge < -0.3 is 14.4 Å². The summed E-state index contributed by atoms with van der Waals surface area (Å²) < 4.78 is 10.7. The maximum atomic E-state index is 12.3. The first-order chi connectivity index (χ1) is 11.2. The number of carbonyl (C=O) groups excluding carboxylic acids is 1. The minimum atomic E-state index is -0.166. The van der Waals surface area contributed by atoms with Gasteiger partial charge in [-0.25, -0.2) is 4.98 Å². The predicted octanol–water partition coefficient (Wildman–Crippen LogP) is 2.88. The van der Waals surface area contributed by atoms with Crippen LogP contribution in [0.2, 0.25) is 0 Å². The van der Waals surface area contributed by atoms with Crippen LogP contribution in [0.1, 0.15) is 19.8 Å². The zero-order chi connectivity index (χ0) is 16.2. The summed E-state index contributed by atoms with van der Waals surface area (Å²) in [4.78, 5) is 19.1. The molecule has 3 rings (SSSR count). The molecule has 122 valence electrons. The quantitative estimate of drug-likeness (QED) is 0.812. The Morgan fingerprint density at radius 2 is 2.04 bits per heavy atom. The van der Waals surface area contributed by atoms with Crippen LogP contribution in [0.4, 0.5) is 0 Å². The molecule has 1 saturated heterocycles. The molecule has 0 radical (unpaired) electrons. The predicted molar refractivity (Wildman–Crippen MR) is 88.8 cm³/mol. The zero-order valence-electron chi connectivity index (χ0n) is 13.6. The van der Waals surface area contributed by atoms with E-state index in [2.05, 4.69) is 16.8 Å². The van der Waals surface area contributed by atoms with E-state index >= 15 is 0 Å². The minimum Gasteiger partial charge on any atom is -0.497 e. The van der Waals surface area contributed by atoms with Crippen molar-refractivity contribution in [1.82, 2.24) is 9.88 Å². The van der Waals surface area contributed by atoms with Gasteiger partial charge in [0.25, 0.3) is 0 Å². The highest BCUT2D eigenvalue weighted by molar-refractivity contribution is 5.81. The lowest BCUT2D eigenvalue weighted by atomic mass is 9.97. The van der Waals surface area contributed by atoms with E-state index in [0.29, 0.717) is 5.88 Å². The molecule has 0 spiro atoms. The van der Waals surface area contributed by atoms with Crippen molar-refractivity contribution in [3.8, 4) is 11.6 Å². The van der Waals surface area contributed by atoms with Crippen molar-refractivity contribution in [2.75, 3.05) is 26.7 Å². The van der Waals surface area contributed by atoms with Crippen LogP contribution in [-0.4, -0.2) is 42.6 Å². The molecule has 23 heavy (non-hydrogen) atoms. The summed E-state index contributed by atoms with van der Waals surface area (Å²) in [6, 6.07) is 9.26. The van der Waals surface area contributed by atoms with Crippen LogP contribution in [0.3, 0.4) is 0 Å². The number of likely N-dealkylation sites (tertiary alicyclic amines) is 1. The molecule has 0 N–H and O–H groups in total. The summed E-state index contributed by atoms with van der Waals surface area (Å²) in [6.45, 7) is 5.10. The SMILES string of the molecule is CCN1CCC(C(=O)Oc2ccc3cc(OC)ccc3n2)CC1. The number of hydrogen-bond acceptors (Lipinski definition) is 5. The van der Waals surface area contributed by atoms with Gasteiger partial charge in [-0.15, -0.1) is 0 Å². The van der Waals surface area contributed by atoms with Crippen LogP contribution >= 0.6 is 0 Å². The van der Waals surface area contributed by atoms with E-state index in [1.165, 1.54) is 0 Å². The molecule has 0 unspecified atom stereocenters. The third kappa shape index (κ3) is 3.62. The van der Waals surface area contributed by atoms with E-state index in [0.717, 1.165) is 49.1 Å². The number of rotatable bonds is 4. The molecule has 0 saturated carbocycles. The van der Waals surface area contributed by atoms with Crippen molar-refractivity contribution >= 4 is 16.9 Å². The second-order valence-corrected chi connectivity index (χ2v) is 5.84. The molecule has 0 aliphatic carbocycles. The van der Waals surface area contributed by atoms with Gasteiger partial charge in [0.2, 0.25) is 5.88 Å². The van der Waals surface area contributed by atoms with E-state index in [1.807, 2.05) is 24.3 Å². The lowest BCUT2D eigenvalue weighted by Crippen LogP contribution is -2.37. The normalized spacial score (nSPS) is 16.4. The number of fused-ring (bicyclic) bond motifs is 1. The second-order valence-electron chi connectivity index (χ2n) is 5.84. The van der Waals surface area contributed by atoms with Gasteiger partial charge in [0, 0.05) is 11.5 Å². The summed E-state index contributed by atoms with van der Waals surface area (Å²) in [5.41, 5.74) is 0.789. The molecular formula is C18H22N2O3. The maximum Gasteiger partial charge on any atom is 0.315 e. The third-order valence-corrected chi connectivity index (χ3v) is 4.44. The summed E-state index contributed by atoms with van der Waals surface area (Å²) in [6.07, 6.45) is 1.72. The van der Waals surface area contributed by atoms with E-state index < -0.39 is 0 Å². The highest BCUT2D eigenvalue weighted by Crippen LogP contribution is 2.23. The average molecular weight is 314 g/mol. The number of hydrogen-bond donors (Lipinski definition) is 0.